The number of aromatic nitrogens is 1. The number of hydrogen-bond acceptors (Lipinski definition) is 11. The lowest BCUT2D eigenvalue weighted by Crippen LogP contribution is -2.60. The molecule has 0 spiro atoms. The van der Waals surface area contributed by atoms with E-state index in [0.29, 0.717) is 29.7 Å². The topological polar surface area (TPSA) is 186 Å². The number of nitrogens with zero attached hydrogens (tertiary/aromatic N) is 3. The number of fused-ring (bicyclic) bond motifs is 1. The highest BCUT2D eigenvalue weighted by Gasteiger charge is 2.62. The van der Waals surface area contributed by atoms with Gasteiger partial charge in [-0.25, -0.2) is 18.2 Å². The first-order valence-corrected chi connectivity index (χ1v) is 21.3. The van der Waals surface area contributed by atoms with E-state index in [9.17, 15) is 27.6 Å². The number of alkyl carbamates (subject to hydrolysis) is 1. The molecule has 0 radical (unpaired) electrons. The number of rotatable bonds is 13. The monoisotopic (exact) mass is 832 g/mol. The largest absolute Gasteiger partial charge is 0.497 e. The van der Waals surface area contributed by atoms with Gasteiger partial charge in [0.05, 0.1) is 24.6 Å². The zero-order valence-electron chi connectivity index (χ0n) is 35.2. The van der Waals surface area contributed by atoms with Gasteiger partial charge < -0.3 is 34.6 Å². The molecule has 15 nitrogen and oxygen atoms in total. The Morgan fingerprint density at radius 1 is 1.03 bits per heavy atom. The Bertz CT molecular complexity index is 2260. The lowest BCUT2D eigenvalue weighted by atomic mass is 9.85. The van der Waals surface area contributed by atoms with Crippen molar-refractivity contribution in [2.45, 2.75) is 102 Å². The maximum Gasteiger partial charge on any atom is 0.408 e. The molecule has 2 heterocycles. The maximum atomic E-state index is 14.7. The van der Waals surface area contributed by atoms with Crippen LogP contribution in [0.2, 0.25) is 0 Å². The van der Waals surface area contributed by atoms with Crippen LogP contribution in [0.5, 0.6) is 11.6 Å². The predicted octanol–water partition coefficient (Wildman–Crippen LogP) is 4.93. The molecule has 16 heteroatoms. The van der Waals surface area contributed by atoms with Crippen molar-refractivity contribution in [3.63, 3.8) is 0 Å². The number of likely N-dealkylation sites (tertiary alicyclic amines) is 1. The van der Waals surface area contributed by atoms with Gasteiger partial charge in [-0.2, -0.15) is 0 Å². The molecule has 2 aliphatic carbocycles. The molecule has 1 aliphatic heterocycles. The van der Waals surface area contributed by atoms with E-state index >= 15 is 0 Å². The summed E-state index contributed by atoms with van der Waals surface area (Å²) in [4.78, 5) is 64.4. The molecular weight excluding hydrogens is 777 g/mol. The van der Waals surface area contributed by atoms with Crippen LogP contribution in [-0.4, -0.2) is 104 Å². The van der Waals surface area contributed by atoms with E-state index < -0.39 is 79.7 Å². The van der Waals surface area contributed by atoms with E-state index in [2.05, 4.69) is 21.9 Å². The average molecular weight is 833 g/mol. The minimum atomic E-state index is -3.93. The second-order valence-corrected chi connectivity index (χ2v) is 19.9. The summed E-state index contributed by atoms with van der Waals surface area (Å²) in [6, 6.07) is 12.9. The van der Waals surface area contributed by atoms with Crippen molar-refractivity contribution in [3.05, 3.63) is 61.2 Å². The number of nitrogens with one attached hydrogen (secondary N) is 3. The van der Waals surface area contributed by atoms with Gasteiger partial charge >= 0.3 is 6.09 Å². The molecule has 59 heavy (non-hydrogen) atoms. The van der Waals surface area contributed by atoms with E-state index in [0.717, 1.165) is 16.6 Å². The second-order valence-electron chi connectivity index (χ2n) is 17.9. The van der Waals surface area contributed by atoms with Crippen LogP contribution in [0.25, 0.3) is 22.0 Å². The highest BCUT2D eigenvalue weighted by molar-refractivity contribution is 7.91. The molecule has 5 atom stereocenters. The normalized spacial score (nSPS) is 22.2. The molecule has 3 fully saturated rings. The van der Waals surface area contributed by atoms with Crippen molar-refractivity contribution in [1.29, 1.82) is 0 Å². The van der Waals surface area contributed by atoms with Crippen LogP contribution in [0.3, 0.4) is 0 Å². The number of hydrogen-bond donors (Lipinski definition) is 3. The van der Waals surface area contributed by atoms with Crippen molar-refractivity contribution < 1.29 is 41.8 Å². The van der Waals surface area contributed by atoms with E-state index in [1.165, 1.54) is 11.0 Å². The summed E-state index contributed by atoms with van der Waals surface area (Å²) in [5, 5.41) is 6.34. The number of pyridine rings is 1. The Hall–Kier alpha value is -5.38. The molecule has 2 saturated carbocycles. The number of carbonyl (C=O) groups is 4. The number of sulfonamides is 1. The van der Waals surface area contributed by atoms with Crippen molar-refractivity contribution in [2.75, 3.05) is 32.6 Å². The first kappa shape index (κ1) is 43.2. The fourth-order valence-corrected chi connectivity index (χ4v) is 8.79. The standard InChI is InChI=1S/C43H56N6O9S/c1-11-26-23-43(26,39(52)47-59(54,55)29-17-18-29)46-36(50)34-22-28(24-49(34)38(51)35(41(2,3)4)45-40(53)58-42(5,6)7)57-37-30-19-16-27(56-10)20-25(30)21-32(44-37)31-14-12-13-15-33(31)48(8)9/h11-16,19-21,26,28-29,34-35H,1,17-18,22-24H2,2-10H3,(H,45,53)(H,46,50)(H,47,52)/t26?,28-,34+,35-,43-/m1/s1. The summed E-state index contributed by atoms with van der Waals surface area (Å²) in [7, 11) is 1.54. The van der Waals surface area contributed by atoms with Gasteiger partial charge in [0.2, 0.25) is 27.7 Å². The minimum absolute atomic E-state index is 0.0183. The first-order valence-electron chi connectivity index (χ1n) is 19.8. The van der Waals surface area contributed by atoms with Crippen LogP contribution in [-0.2, 0) is 29.1 Å². The third kappa shape index (κ3) is 9.42. The number of amides is 4. The van der Waals surface area contributed by atoms with Crippen LogP contribution < -0.4 is 29.7 Å². The van der Waals surface area contributed by atoms with Gasteiger partial charge in [0, 0.05) is 43.1 Å². The van der Waals surface area contributed by atoms with Crippen molar-refractivity contribution in [3.8, 4) is 22.9 Å². The molecule has 3 N–H and O–H groups in total. The third-order valence-corrected chi connectivity index (χ3v) is 12.6. The molecule has 1 aromatic heterocycles. The summed E-state index contributed by atoms with van der Waals surface area (Å²) in [5.41, 5.74) is -0.881. The van der Waals surface area contributed by atoms with Gasteiger partial charge in [0.1, 0.15) is 35.1 Å². The Morgan fingerprint density at radius 2 is 1.73 bits per heavy atom. The van der Waals surface area contributed by atoms with E-state index in [1.54, 1.807) is 54.7 Å². The molecule has 3 aromatic rings. The average Bonchev–Trinajstić information content (AvgIpc) is 4.08. The molecule has 3 aliphatic rings. The second kappa shape index (κ2) is 16.0. The van der Waals surface area contributed by atoms with E-state index in [1.807, 2.05) is 61.5 Å². The van der Waals surface area contributed by atoms with E-state index in [-0.39, 0.29) is 25.3 Å². The number of methoxy groups -OCH3 is 1. The van der Waals surface area contributed by atoms with Gasteiger partial charge in [-0.3, -0.25) is 19.1 Å². The fraction of sp³-hybridized carbons (Fsp3) is 0.512. The first-order chi connectivity index (χ1) is 27.6. The van der Waals surface area contributed by atoms with Gasteiger partial charge in [0.15, 0.2) is 0 Å². The maximum absolute atomic E-state index is 14.7. The smallest absolute Gasteiger partial charge is 0.408 e. The predicted molar refractivity (Wildman–Crippen MR) is 224 cm³/mol. The zero-order chi connectivity index (χ0) is 43.2. The molecular formula is C43H56N6O9S. The van der Waals surface area contributed by atoms with Crippen LogP contribution in [0.15, 0.2) is 61.2 Å². The summed E-state index contributed by atoms with van der Waals surface area (Å²) in [6.07, 6.45) is 0.906. The summed E-state index contributed by atoms with van der Waals surface area (Å²) in [6.45, 7) is 14.2. The fourth-order valence-electron chi connectivity index (χ4n) is 7.43. The minimum Gasteiger partial charge on any atom is -0.497 e. The quantitative estimate of drug-likeness (QED) is 0.198. The lowest BCUT2D eigenvalue weighted by molar-refractivity contribution is -0.143. The van der Waals surface area contributed by atoms with Crippen LogP contribution >= 0.6 is 0 Å². The SMILES string of the molecule is C=CC1C[C@]1(NC(=O)[C@@H]1C[C@@H](Oc2nc(-c3ccccc3N(C)C)cc3cc(OC)ccc23)CN1C(=O)[C@@H](NC(=O)OC(C)(C)C)C(C)(C)C)C(=O)NS(=O)(=O)C1CC1. The van der Waals surface area contributed by atoms with Crippen LogP contribution in [0.1, 0.15) is 67.2 Å². The van der Waals surface area contributed by atoms with Crippen LogP contribution in [0, 0.1) is 11.3 Å². The Morgan fingerprint density at radius 3 is 2.32 bits per heavy atom. The summed E-state index contributed by atoms with van der Waals surface area (Å²) in [5.74, 6) is -1.77. The van der Waals surface area contributed by atoms with Gasteiger partial charge in [0.25, 0.3) is 5.91 Å². The van der Waals surface area contributed by atoms with Crippen molar-refractivity contribution in [2.24, 2.45) is 11.3 Å². The highest BCUT2D eigenvalue weighted by Crippen LogP contribution is 2.46. The third-order valence-electron chi connectivity index (χ3n) is 10.8. The number of benzene rings is 2. The van der Waals surface area contributed by atoms with Crippen molar-refractivity contribution >= 4 is 50.3 Å². The Labute approximate surface area is 346 Å². The number of anilines is 1. The number of carbonyl (C=O) groups excluding carboxylic acids is 4. The lowest BCUT2D eigenvalue weighted by Gasteiger charge is -2.36. The molecule has 1 saturated heterocycles. The van der Waals surface area contributed by atoms with Gasteiger partial charge in [-0.1, -0.05) is 45.0 Å². The number of para-hydroxylation sites is 1. The molecule has 0 bridgehead atoms. The zero-order valence-corrected chi connectivity index (χ0v) is 36.1. The Balaban J connectivity index is 1.37. The van der Waals surface area contributed by atoms with Gasteiger partial charge in [-0.05, 0) is 81.2 Å². The molecule has 4 amide bonds. The molecule has 318 valence electrons. The highest BCUT2D eigenvalue weighted by atomic mass is 32.2. The molecule has 1 unspecified atom stereocenters. The van der Waals surface area contributed by atoms with E-state index in [4.69, 9.17) is 19.2 Å². The Kier molecular flexibility index (Phi) is 11.7. The van der Waals surface area contributed by atoms with Gasteiger partial charge in [-0.15, -0.1) is 6.58 Å². The van der Waals surface area contributed by atoms with Crippen molar-refractivity contribution in [1.82, 2.24) is 25.2 Å². The van der Waals surface area contributed by atoms with Crippen LogP contribution in [0.4, 0.5) is 10.5 Å². The molecule has 6 rings (SSSR count). The summed E-state index contributed by atoms with van der Waals surface area (Å²) >= 11 is 0. The molecule has 2 aromatic carbocycles. The number of ether oxygens (including phenoxy) is 3. The summed E-state index contributed by atoms with van der Waals surface area (Å²) < 4.78 is 45.6.